The molecule has 1 aliphatic heterocycles. The lowest BCUT2D eigenvalue weighted by Gasteiger charge is -2.32. The molecule has 30 heavy (non-hydrogen) atoms. The van der Waals surface area contributed by atoms with Crippen molar-refractivity contribution in [3.05, 3.63) is 83.8 Å². The topological polar surface area (TPSA) is 46.1 Å². The van der Waals surface area contributed by atoms with E-state index in [-0.39, 0.29) is 5.91 Å². The lowest BCUT2D eigenvalue weighted by molar-refractivity contribution is -0.132. The Morgan fingerprint density at radius 3 is 2.50 bits per heavy atom. The lowest BCUT2D eigenvalue weighted by atomic mass is 9.93. The van der Waals surface area contributed by atoms with Crippen LogP contribution in [0.25, 0.3) is 11.3 Å². The second-order valence-corrected chi connectivity index (χ2v) is 8.14. The normalized spacial score (nSPS) is 14.6. The Bertz CT molecular complexity index is 978. The van der Waals surface area contributed by atoms with Crippen molar-refractivity contribution < 1.29 is 4.79 Å². The van der Waals surface area contributed by atoms with Crippen molar-refractivity contribution >= 4 is 5.91 Å². The monoisotopic (exact) mass is 399 g/mol. The Balaban J connectivity index is 1.31. The molecule has 0 N–H and O–H groups in total. The van der Waals surface area contributed by atoms with Gasteiger partial charge in [-0.15, -0.1) is 0 Å². The molecule has 1 fully saturated rings. The smallest absolute Gasteiger partial charge is 0.222 e. The van der Waals surface area contributed by atoms with Gasteiger partial charge in [-0.2, -0.15) is 0 Å². The van der Waals surface area contributed by atoms with Crippen molar-refractivity contribution in [3.8, 4) is 11.3 Å². The number of hydrogen-bond donors (Lipinski definition) is 0. The van der Waals surface area contributed by atoms with Gasteiger partial charge in [-0.3, -0.25) is 9.78 Å². The molecule has 4 nitrogen and oxygen atoms in total. The summed E-state index contributed by atoms with van der Waals surface area (Å²) in [5.74, 6) is 0.652. The van der Waals surface area contributed by atoms with Crippen molar-refractivity contribution in [2.75, 3.05) is 13.1 Å². The summed E-state index contributed by atoms with van der Waals surface area (Å²) in [5.41, 5.74) is 5.63. The molecule has 2 aromatic carbocycles. The van der Waals surface area contributed by atoms with Crippen LogP contribution in [0.5, 0.6) is 0 Å². The van der Waals surface area contributed by atoms with E-state index in [2.05, 4.69) is 48.3 Å². The Morgan fingerprint density at radius 1 is 1.00 bits per heavy atom. The summed E-state index contributed by atoms with van der Waals surface area (Å²) in [4.78, 5) is 24.0. The highest BCUT2D eigenvalue weighted by atomic mass is 16.2. The molecule has 1 aromatic heterocycles. The summed E-state index contributed by atoms with van der Waals surface area (Å²) in [6, 6.07) is 18.7. The summed E-state index contributed by atoms with van der Waals surface area (Å²) in [5, 5.41) is 0. The SMILES string of the molecule is Cc1ccccc1-c1cncc(C2CCN(C(=O)CCCc3ccccc3)CC2)n1. The predicted octanol–water partition coefficient (Wildman–Crippen LogP) is 5.18. The molecule has 1 saturated heterocycles. The molecule has 4 heteroatoms. The van der Waals surface area contributed by atoms with Gasteiger partial charge in [0.1, 0.15) is 0 Å². The summed E-state index contributed by atoms with van der Waals surface area (Å²) >= 11 is 0. The van der Waals surface area contributed by atoms with Crippen LogP contribution in [0.2, 0.25) is 0 Å². The van der Waals surface area contributed by atoms with Crippen LogP contribution in [0.15, 0.2) is 67.0 Å². The Labute approximate surface area is 179 Å². The molecule has 4 rings (SSSR count). The number of nitrogens with zero attached hydrogens (tertiary/aromatic N) is 3. The molecule has 3 aromatic rings. The van der Waals surface area contributed by atoms with Gasteiger partial charge in [-0.25, -0.2) is 4.98 Å². The maximum Gasteiger partial charge on any atom is 0.222 e. The fourth-order valence-corrected chi connectivity index (χ4v) is 4.24. The summed E-state index contributed by atoms with van der Waals surface area (Å²) in [7, 11) is 0. The first-order chi connectivity index (χ1) is 14.7. The van der Waals surface area contributed by atoms with Gasteiger partial charge in [0.15, 0.2) is 0 Å². The third-order valence-electron chi connectivity index (χ3n) is 6.04. The zero-order valence-corrected chi connectivity index (χ0v) is 17.6. The quantitative estimate of drug-likeness (QED) is 0.574. The highest BCUT2D eigenvalue weighted by molar-refractivity contribution is 5.76. The van der Waals surface area contributed by atoms with E-state index in [9.17, 15) is 4.79 Å². The molecule has 0 spiro atoms. The molecular weight excluding hydrogens is 370 g/mol. The fraction of sp³-hybridized carbons (Fsp3) is 0.346. The molecule has 2 heterocycles. The van der Waals surface area contributed by atoms with E-state index in [1.54, 1.807) is 0 Å². The number of aromatic nitrogens is 2. The van der Waals surface area contributed by atoms with Gasteiger partial charge >= 0.3 is 0 Å². The maximum absolute atomic E-state index is 12.6. The Kier molecular flexibility index (Phi) is 6.53. The Morgan fingerprint density at radius 2 is 1.73 bits per heavy atom. The van der Waals surface area contributed by atoms with Crippen molar-refractivity contribution in [2.45, 2.75) is 44.9 Å². The molecule has 0 bridgehead atoms. The summed E-state index contributed by atoms with van der Waals surface area (Å²) in [6.45, 7) is 3.72. The average molecular weight is 400 g/mol. The Hall–Kier alpha value is -3.01. The highest BCUT2D eigenvalue weighted by Crippen LogP contribution is 2.29. The van der Waals surface area contributed by atoms with Crippen LogP contribution in [-0.4, -0.2) is 33.9 Å². The standard InChI is InChI=1S/C26H29N3O/c1-20-8-5-6-12-23(20)25-19-27-18-24(28-25)22-14-16-29(17-15-22)26(30)13-7-11-21-9-3-2-4-10-21/h2-6,8-10,12,18-19,22H,7,11,13-17H2,1H3. The van der Waals surface area contributed by atoms with Gasteiger partial charge in [-0.1, -0.05) is 54.6 Å². The van der Waals surface area contributed by atoms with Crippen LogP contribution in [0.4, 0.5) is 0 Å². The number of piperidine rings is 1. The van der Waals surface area contributed by atoms with Crippen molar-refractivity contribution in [1.82, 2.24) is 14.9 Å². The second-order valence-electron chi connectivity index (χ2n) is 8.14. The largest absolute Gasteiger partial charge is 0.343 e. The number of amides is 1. The van der Waals surface area contributed by atoms with E-state index >= 15 is 0 Å². The van der Waals surface area contributed by atoms with Gasteiger partial charge < -0.3 is 4.90 Å². The van der Waals surface area contributed by atoms with Gasteiger partial charge in [0.25, 0.3) is 0 Å². The lowest BCUT2D eigenvalue weighted by Crippen LogP contribution is -2.38. The van der Waals surface area contributed by atoms with Crippen molar-refractivity contribution in [1.29, 1.82) is 0 Å². The molecule has 0 atom stereocenters. The summed E-state index contributed by atoms with van der Waals surface area (Å²) in [6.07, 6.45) is 8.15. The number of carbonyl (C=O) groups excluding carboxylic acids is 1. The van der Waals surface area contributed by atoms with Crippen LogP contribution < -0.4 is 0 Å². The van der Waals surface area contributed by atoms with E-state index in [0.717, 1.165) is 55.7 Å². The first-order valence-corrected chi connectivity index (χ1v) is 10.9. The van der Waals surface area contributed by atoms with E-state index in [0.29, 0.717) is 12.3 Å². The second kappa shape index (κ2) is 9.66. The zero-order valence-electron chi connectivity index (χ0n) is 17.6. The van der Waals surface area contributed by atoms with Crippen LogP contribution in [0, 0.1) is 6.92 Å². The molecule has 0 saturated carbocycles. The van der Waals surface area contributed by atoms with Crippen molar-refractivity contribution in [3.63, 3.8) is 0 Å². The van der Waals surface area contributed by atoms with Crippen LogP contribution in [0.3, 0.4) is 0 Å². The van der Waals surface area contributed by atoms with E-state index in [1.807, 2.05) is 35.5 Å². The van der Waals surface area contributed by atoms with Crippen molar-refractivity contribution in [2.24, 2.45) is 0 Å². The number of carbonyl (C=O) groups is 1. The van der Waals surface area contributed by atoms with Gasteiger partial charge in [0, 0.05) is 37.2 Å². The van der Waals surface area contributed by atoms with Gasteiger partial charge in [0.05, 0.1) is 17.6 Å². The minimum Gasteiger partial charge on any atom is -0.343 e. The first-order valence-electron chi connectivity index (χ1n) is 10.9. The molecule has 154 valence electrons. The number of hydrogen-bond acceptors (Lipinski definition) is 3. The third-order valence-corrected chi connectivity index (χ3v) is 6.04. The maximum atomic E-state index is 12.6. The van der Waals surface area contributed by atoms with Gasteiger partial charge in [-0.05, 0) is 43.7 Å². The van der Waals surface area contributed by atoms with E-state index < -0.39 is 0 Å². The third kappa shape index (κ3) is 4.93. The fourth-order valence-electron chi connectivity index (χ4n) is 4.24. The molecule has 1 amide bonds. The van der Waals surface area contributed by atoms with E-state index in [1.165, 1.54) is 11.1 Å². The highest BCUT2D eigenvalue weighted by Gasteiger charge is 2.25. The van der Waals surface area contributed by atoms with Crippen LogP contribution in [0.1, 0.15) is 48.4 Å². The van der Waals surface area contributed by atoms with Crippen LogP contribution in [-0.2, 0) is 11.2 Å². The minimum absolute atomic E-state index is 0.282. The predicted molar refractivity (Wildman–Crippen MR) is 120 cm³/mol. The average Bonchev–Trinajstić information content (AvgIpc) is 2.80. The van der Waals surface area contributed by atoms with Gasteiger partial charge in [0.2, 0.25) is 5.91 Å². The summed E-state index contributed by atoms with van der Waals surface area (Å²) < 4.78 is 0. The molecule has 0 aliphatic carbocycles. The number of benzene rings is 2. The van der Waals surface area contributed by atoms with E-state index in [4.69, 9.17) is 4.98 Å². The molecule has 0 unspecified atom stereocenters. The molecule has 0 radical (unpaired) electrons. The van der Waals surface area contributed by atoms with Crippen LogP contribution >= 0.6 is 0 Å². The molecule has 1 aliphatic rings. The first kappa shape index (κ1) is 20.3. The minimum atomic E-state index is 0.282. The zero-order chi connectivity index (χ0) is 20.8. The number of aryl methyl sites for hydroxylation is 2. The number of likely N-dealkylation sites (tertiary alicyclic amines) is 1. The molecular formula is C26H29N3O. The number of rotatable bonds is 6.